The molecule has 2 fully saturated rings. The number of carbonyl (C=O) groups is 1. The van der Waals surface area contributed by atoms with E-state index < -0.39 is 5.60 Å². The van der Waals surface area contributed by atoms with E-state index in [9.17, 15) is 9.90 Å². The van der Waals surface area contributed by atoms with Gasteiger partial charge in [-0.15, -0.1) is 12.4 Å². The van der Waals surface area contributed by atoms with Crippen LogP contribution in [0.5, 0.6) is 11.5 Å². The molecule has 3 rings (SSSR count). The molecular weight excluding hydrogens is 396 g/mol. The molecule has 8 heteroatoms. The summed E-state index contributed by atoms with van der Waals surface area (Å²) in [5, 5.41) is 10.4. The standard InChI is InChI=1S/C21H32N2O5.ClH/c1-20(25)8-13-28-21(15-20)6-10-23(11-7-21)19(24)16-4-5-17(26-2)18(14-16)27-12-3-9-22;/h4-5,14,25H,3,6-13,15,22H2,1-2H3;1H. The van der Waals surface area contributed by atoms with Crippen LogP contribution in [0.4, 0.5) is 0 Å². The van der Waals surface area contributed by atoms with Crippen molar-refractivity contribution in [2.75, 3.05) is 40.0 Å². The van der Waals surface area contributed by atoms with Gasteiger partial charge in [0.2, 0.25) is 0 Å². The lowest BCUT2D eigenvalue weighted by Gasteiger charge is -2.48. The Morgan fingerprint density at radius 1 is 1.28 bits per heavy atom. The van der Waals surface area contributed by atoms with E-state index in [2.05, 4.69) is 0 Å². The number of rotatable bonds is 6. The Morgan fingerprint density at radius 3 is 2.62 bits per heavy atom. The number of amides is 1. The molecule has 29 heavy (non-hydrogen) atoms. The zero-order valence-corrected chi connectivity index (χ0v) is 18.1. The molecule has 1 amide bonds. The number of ether oxygens (including phenoxy) is 3. The Balaban J connectivity index is 0.00000300. The van der Waals surface area contributed by atoms with Crippen molar-refractivity contribution in [3.8, 4) is 11.5 Å². The number of hydrogen-bond acceptors (Lipinski definition) is 6. The number of nitrogens with two attached hydrogens (primary N) is 1. The maximum absolute atomic E-state index is 13.0. The fourth-order valence-corrected chi connectivity index (χ4v) is 4.13. The van der Waals surface area contributed by atoms with Crippen molar-refractivity contribution < 1.29 is 24.1 Å². The van der Waals surface area contributed by atoms with Crippen molar-refractivity contribution >= 4 is 18.3 Å². The van der Waals surface area contributed by atoms with Crippen molar-refractivity contribution in [1.29, 1.82) is 0 Å². The van der Waals surface area contributed by atoms with Crippen LogP contribution in [0, 0.1) is 0 Å². The van der Waals surface area contributed by atoms with Crippen LogP contribution in [0.25, 0.3) is 0 Å². The first-order chi connectivity index (χ1) is 13.4. The number of carbonyl (C=O) groups excluding carboxylic acids is 1. The maximum Gasteiger partial charge on any atom is 0.253 e. The first kappa shape index (κ1) is 23.7. The Kier molecular flexibility index (Phi) is 8.17. The van der Waals surface area contributed by atoms with E-state index in [-0.39, 0.29) is 23.9 Å². The first-order valence-electron chi connectivity index (χ1n) is 10.0. The Hall–Kier alpha value is -1.54. The van der Waals surface area contributed by atoms with Gasteiger partial charge in [0.15, 0.2) is 11.5 Å². The average Bonchev–Trinajstić information content (AvgIpc) is 2.67. The molecule has 0 aliphatic carbocycles. The highest BCUT2D eigenvalue weighted by atomic mass is 35.5. The molecule has 0 saturated carbocycles. The van der Waals surface area contributed by atoms with Crippen molar-refractivity contribution in [3.05, 3.63) is 23.8 Å². The predicted molar refractivity (Wildman–Crippen MR) is 113 cm³/mol. The van der Waals surface area contributed by atoms with Crippen LogP contribution in [-0.2, 0) is 4.74 Å². The number of halogens is 1. The van der Waals surface area contributed by atoms with Crippen molar-refractivity contribution in [3.63, 3.8) is 0 Å². The Morgan fingerprint density at radius 2 is 2.00 bits per heavy atom. The van der Waals surface area contributed by atoms with E-state index >= 15 is 0 Å². The predicted octanol–water partition coefficient (Wildman–Crippen LogP) is 2.38. The molecule has 2 saturated heterocycles. The summed E-state index contributed by atoms with van der Waals surface area (Å²) in [5.74, 6) is 1.13. The van der Waals surface area contributed by atoms with Gasteiger partial charge in [0.1, 0.15) is 0 Å². The molecule has 1 aromatic rings. The Labute approximate surface area is 178 Å². The van der Waals surface area contributed by atoms with Crippen LogP contribution in [0.15, 0.2) is 18.2 Å². The molecule has 0 bridgehead atoms. The number of methoxy groups -OCH3 is 1. The third kappa shape index (κ3) is 5.75. The number of hydrogen-bond donors (Lipinski definition) is 2. The van der Waals surface area contributed by atoms with E-state index in [0.29, 0.717) is 62.8 Å². The summed E-state index contributed by atoms with van der Waals surface area (Å²) in [6.45, 7) is 4.70. The van der Waals surface area contributed by atoms with Crippen molar-refractivity contribution in [1.82, 2.24) is 4.90 Å². The van der Waals surface area contributed by atoms with Crippen LogP contribution >= 0.6 is 12.4 Å². The average molecular weight is 429 g/mol. The van der Waals surface area contributed by atoms with E-state index in [1.165, 1.54) is 0 Å². The van der Waals surface area contributed by atoms with Crippen molar-refractivity contribution in [2.24, 2.45) is 5.73 Å². The molecular formula is C21H33ClN2O5. The molecule has 3 N–H and O–H groups in total. The van der Waals surface area contributed by atoms with Gasteiger partial charge < -0.3 is 30.0 Å². The summed E-state index contributed by atoms with van der Waals surface area (Å²) in [6.07, 6.45) is 3.51. The van der Waals surface area contributed by atoms with E-state index in [1.54, 1.807) is 25.3 Å². The van der Waals surface area contributed by atoms with Gasteiger partial charge in [-0.05, 0) is 57.4 Å². The minimum atomic E-state index is -0.684. The summed E-state index contributed by atoms with van der Waals surface area (Å²) in [6, 6.07) is 5.27. The van der Waals surface area contributed by atoms with Gasteiger partial charge in [0, 0.05) is 25.1 Å². The van der Waals surface area contributed by atoms with Gasteiger partial charge in [0.05, 0.1) is 31.5 Å². The molecule has 2 aliphatic rings. The maximum atomic E-state index is 13.0. The molecule has 1 spiro atoms. The van der Waals surface area contributed by atoms with Gasteiger partial charge in [0.25, 0.3) is 5.91 Å². The lowest BCUT2D eigenvalue weighted by atomic mass is 9.78. The smallest absolute Gasteiger partial charge is 0.253 e. The molecule has 2 aliphatic heterocycles. The second kappa shape index (κ2) is 9.98. The molecule has 1 atom stereocenters. The number of nitrogens with zero attached hydrogens (tertiary/aromatic N) is 1. The van der Waals surface area contributed by atoms with E-state index in [0.717, 1.165) is 19.3 Å². The van der Waals surface area contributed by atoms with E-state index in [1.807, 2.05) is 11.8 Å². The third-order valence-electron chi connectivity index (χ3n) is 5.73. The zero-order chi connectivity index (χ0) is 20.2. The third-order valence-corrected chi connectivity index (χ3v) is 5.73. The normalized spacial score (nSPS) is 23.4. The van der Waals surface area contributed by atoms with Crippen LogP contribution in [0.2, 0.25) is 0 Å². The first-order valence-corrected chi connectivity index (χ1v) is 10.0. The van der Waals surface area contributed by atoms with Gasteiger partial charge in [-0.2, -0.15) is 0 Å². The summed E-state index contributed by atoms with van der Waals surface area (Å²) in [4.78, 5) is 14.9. The number of benzene rings is 1. The lowest BCUT2D eigenvalue weighted by Crippen LogP contribution is -2.54. The monoisotopic (exact) mass is 428 g/mol. The van der Waals surface area contributed by atoms with Gasteiger partial charge in [-0.3, -0.25) is 4.79 Å². The van der Waals surface area contributed by atoms with Gasteiger partial charge in [-0.1, -0.05) is 0 Å². The fraction of sp³-hybridized carbons (Fsp3) is 0.667. The minimum absolute atomic E-state index is 0. The fourth-order valence-electron chi connectivity index (χ4n) is 4.13. The summed E-state index contributed by atoms with van der Waals surface area (Å²) >= 11 is 0. The summed E-state index contributed by atoms with van der Waals surface area (Å²) in [7, 11) is 1.58. The highest BCUT2D eigenvalue weighted by Crippen LogP contribution is 2.39. The zero-order valence-electron chi connectivity index (χ0n) is 17.3. The molecule has 7 nitrogen and oxygen atoms in total. The molecule has 0 radical (unpaired) electrons. The van der Waals surface area contributed by atoms with Crippen LogP contribution in [0.3, 0.4) is 0 Å². The molecule has 1 unspecified atom stereocenters. The lowest BCUT2D eigenvalue weighted by molar-refractivity contribution is -0.170. The molecule has 0 aromatic heterocycles. The Bertz CT molecular complexity index is 690. The summed E-state index contributed by atoms with van der Waals surface area (Å²) < 4.78 is 17.1. The van der Waals surface area contributed by atoms with Crippen molar-refractivity contribution in [2.45, 2.75) is 50.2 Å². The SMILES string of the molecule is COc1ccc(C(=O)N2CCC3(CC2)CC(C)(O)CCO3)cc1OCCCN.Cl. The van der Waals surface area contributed by atoms with Gasteiger partial charge >= 0.3 is 0 Å². The second-order valence-corrected chi connectivity index (χ2v) is 8.10. The van der Waals surface area contributed by atoms with E-state index in [4.69, 9.17) is 19.9 Å². The highest BCUT2D eigenvalue weighted by molar-refractivity contribution is 5.95. The minimum Gasteiger partial charge on any atom is -0.493 e. The quantitative estimate of drug-likeness (QED) is 0.675. The topological polar surface area (TPSA) is 94.2 Å². The summed E-state index contributed by atoms with van der Waals surface area (Å²) in [5.41, 5.74) is 5.10. The second-order valence-electron chi connectivity index (χ2n) is 8.10. The highest BCUT2D eigenvalue weighted by Gasteiger charge is 2.45. The van der Waals surface area contributed by atoms with Crippen LogP contribution < -0.4 is 15.2 Å². The number of aliphatic hydroxyl groups is 1. The van der Waals surface area contributed by atoms with Gasteiger partial charge in [-0.25, -0.2) is 0 Å². The largest absolute Gasteiger partial charge is 0.493 e. The molecule has 1 aromatic carbocycles. The van der Waals surface area contributed by atoms with Crippen LogP contribution in [0.1, 0.15) is 49.4 Å². The number of piperidine rings is 1. The molecule has 164 valence electrons. The van der Waals surface area contributed by atoms with Crippen LogP contribution in [-0.4, -0.2) is 67.1 Å². The number of likely N-dealkylation sites (tertiary alicyclic amines) is 1. The molecule has 2 heterocycles.